The number of allylic oxidation sites excluding steroid dienone is 4. The van der Waals surface area contributed by atoms with Crippen LogP contribution in [-0.2, 0) is 28.6 Å². The number of carboxylic acids is 1. The number of unbranched alkanes of at least 4 members (excludes halogenated alkanes) is 34. The molecule has 0 aliphatic carbocycles. The Hall–Kier alpha value is -2.19. The molecule has 0 aliphatic heterocycles. The highest BCUT2D eigenvalue weighted by Crippen LogP contribution is 2.16. The van der Waals surface area contributed by atoms with Crippen LogP contribution in [0.5, 0.6) is 0 Å². The van der Waals surface area contributed by atoms with E-state index in [0.717, 1.165) is 38.5 Å². The predicted molar refractivity (Wildman–Crippen MR) is 277 cm³/mol. The smallest absolute Gasteiger partial charge is 0.306 e. The van der Waals surface area contributed by atoms with Crippen molar-refractivity contribution >= 4 is 17.9 Å². The van der Waals surface area contributed by atoms with Gasteiger partial charge in [-0.05, 0) is 64.2 Å². The van der Waals surface area contributed by atoms with E-state index in [-0.39, 0.29) is 42.7 Å². The van der Waals surface area contributed by atoms with E-state index in [9.17, 15) is 19.5 Å². The molecule has 8 heteroatoms. The van der Waals surface area contributed by atoms with E-state index < -0.39 is 18.1 Å². The maximum atomic E-state index is 12.8. The average Bonchev–Trinajstić information content (AvgIpc) is 3.28. The molecule has 388 valence electrons. The second kappa shape index (κ2) is 49.2. The number of carboxylic acid groups (broad SMARTS) is 1. The highest BCUT2D eigenvalue weighted by molar-refractivity contribution is 5.70. The Labute approximate surface area is 409 Å². The average molecular weight is 933 g/mol. The summed E-state index contributed by atoms with van der Waals surface area (Å²) in [6.45, 7) is 4.71. The van der Waals surface area contributed by atoms with Gasteiger partial charge in [-0.15, -0.1) is 0 Å². The second-order valence-electron chi connectivity index (χ2n) is 20.5. The fourth-order valence-electron chi connectivity index (χ4n) is 8.65. The standard InChI is InChI=1S/C58H109NO7/c1-6-8-10-12-14-16-18-20-22-24-26-28-29-31-33-35-37-39-41-43-45-47-49-57(61)66-54(52-64-51-50-55(58(62)63)59(3,4)5)53-65-56(60)48-46-44-42-40-38-36-34-32-30-27-25-23-21-19-17-15-13-11-9-7-2/h27,29-31,54-55H,6-26,28,32-53H2,1-5H3/b30-27+,31-29+. The van der Waals surface area contributed by atoms with E-state index in [4.69, 9.17) is 14.2 Å². The minimum atomic E-state index is -1.12. The summed E-state index contributed by atoms with van der Waals surface area (Å²) in [6, 6.07) is -0.726. The largest absolute Gasteiger partial charge is 0.544 e. The van der Waals surface area contributed by atoms with Crippen LogP contribution < -0.4 is 5.11 Å². The lowest BCUT2D eigenvalue weighted by Gasteiger charge is -2.34. The third-order valence-electron chi connectivity index (χ3n) is 13.1. The Morgan fingerprint density at radius 2 is 0.758 bits per heavy atom. The van der Waals surface area contributed by atoms with Crippen molar-refractivity contribution in [3.63, 3.8) is 0 Å². The van der Waals surface area contributed by atoms with Crippen LogP contribution in [0.3, 0.4) is 0 Å². The van der Waals surface area contributed by atoms with Gasteiger partial charge in [0.15, 0.2) is 6.10 Å². The van der Waals surface area contributed by atoms with E-state index in [1.165, 1.54) is 205 Å². The zero-order chi connectivity index (χ0) is 48.4. The van der Waals surface area contributed by atoms with Crippen LogP contribution in [0.4, 0.5) is 0 Å². The maximum Gasteiger partial charge on any atom is 0.306 e. The second-order valence-corrected chi connectivity index (χ2v) is 20.5. The van der Waals surface area contributed by atoms with Crippen molar-refractivity contribution in [2.45, 2.75) is 289 Å². The van der Waals surface area contributed by atoms with Gasteiger partial charge < -0.3 is 28.6 Å². The summed E-state index contributed by atoms with van der Waals surface area (Å²) in [5, 5.41) is 11.7. The minimum Gasteiger partial charge on any atom is -0.544 e. The van der Waals surface area contributed by atoms with Crippen molar-refractivity contribution in [1.82, 2.24) is 0 Å². The van der Waals surface area contributed by atoms with Crippen LogP contribution in [0, 0.1) is 0 Å². The molecule has 0 fully saturated rings. The van der Waals surface area contributed by atoms with Crippen molar-refractivity contribution in [1.29, 1.82) is 0 Å². The number of ether oxygens (including phenoxy) is 3. The third-order valence-corrected chi connectivity index (χ3v) is 13.1. The van der Waals surface area contributed by atoms with Crippen LogP contribution >= 0.6 is 0 Å². The summed E-state index contributed by atoms with van der Waals surface area (Å²) in [5.74, 6) is -1.73. The Balaban J connectivity index is 4.18. The Bertz CT molecular complexity index is 1130. The van der Waals surface area contributed by atoms with Crippen molar-refractivity contribution in [3.05, 3.63) is 24.3 Å². The fourth-order valence-corrected chi connectivity index (χ4v) is 8.65. The van der Waals surface area contributed by atoms with Crippen molar-refractivity contribution in [3.8, 4) is 0 Å². The first-order valence-electron chi connectivity index (χ1n) is 28.4. The maximum absolute atomic E-state index is 12.8. The first-order chi connectivity index (χ1) is 32.1. The molecule has 0 bridgehead atoms. The molecule has 0 aromatic heterocycles. The molecular formula is C58H109NO7. The minimum absolute atomic E-state index is 0.0412. The summed E-state index contributed by atoms with van der Waals surface area (Å²) >= 11 is 0. The Morgan fingerprint density at radius 1 is 0.439 bits per heavy atom. The van der Waals surface area contributed by atoms with Crippen LogP contribution in [0.15, 0.2) is 24.3 Å². The van der Waals surface area contributed by atoms with E-state index in [0.29, 0.717) is 12.8 Å². The molecule has 0 N–H and O–H groups in total. The molecule has 0 aromatic rings. The number of carbonyl (C=O) groups excluding carboxylic acids is 3. The van der Waals surface area contributed by atoms with Gasteiger partial charge >= 0.3 is 11.9 Å². The molecule has 0 aliphatic rings. The predicted octanol–water partition coefficient (Wildman–Crippen LogP) is 15.4. The van der Waals surface area contributed by atoms with Gasteiger partial charge in [-0.3, -0.25) is 9.59 Å². The van der Waals surface area contributed by atoms with Gasteiger partial charge in [0, 0.05) is 19.3 Å². The lowest BCUT2D eigenvalue weighted by atomic mass is 10.0. The van der Waals surface area contributed by atoms with E-state index >= 15 is 0 Å². The topological polar surface area (TPSA) is 102 Å². The van der Waals surface area contributed by atoms with E-state index in [1.54, 1.807) is 0 Å². The number of nitrogens with zero attached hydrogens (tertiary/aromatic N) is 1. The molecule has 66 heavy (non-hydrogen) atoms. The number of hydrogen-bond acceptors (Lipinski definition) is 7. The lowest BCUT2D eigenvalue weighted by molar-refractivity contribution is -0.889. The molecule has 0 amide bonds. The van der Waals surface area contributed by atoms with E-state index in [1.807, 2.05) is 21.1 Å². The molecule has 0 aromatic carbocycles. The molecule has 2 unspecified atom stereocenters. The summed E-state index contributed by atoms with van der Waals surface area (Å²) in [4.78, 5) is 37.1. The molecule has 0 rings (SSSR count). The zero-order valence-corrected chi connectivity index (χ0v) is 44.4. The summed E-state index contributed by atoms with van der Waals surface area (Å²) in [6.07, 6.45) is 57.9. The number of rotatable bonds is 52. The van der Waals surface area contributed by atoms with Gasteiger partial charge in [-0.2, -0.15) is 0 Å². The van der Waals surface area contributed by atoms with E-state index in [2.05, 4.69) is 38.2 Å². The molecule has 2 atom stereocenters. The van der Waals surface area contributed by atoms with Gasteiger partial charge in [0.05, 0.1) is 40.3 Å². The molecule has 0 heterocycles. The number of esters is 2. The van der Waals surface area contributed by atoms with Crippen molar-refractivity contribution in [2.24, 2.45) is 0 Å². The number of likely N-dealkylation sites (N-methyl/N-ethyl adjacent to an activating group) is 1. The highest BCUT2D eigenvalue weighted by Gasteiger charge is 2.25. The van der Waals surface area contributed by atoms with Crippen molar-refractivity contribution in [2.75, 3.05) is 41.0 Å². The molecule has 8 nitrogen and oxygen atoms in total. The first kappa shape index (κ1) is 63.8. The normalized spacial score (nSPS) is 12.9. The lowest BCUT2D eigenvalue weighted by Crippen LogP contribution is -2.55. The van der Waals surface area contributed by atoms with Gasteiger partial charge in [0.25, 0.3) is 0 Å². The van der Waals surface area contributed by atoms with Crippen LogP contribution in [0.1, 0.15) is 277 Å². The Morgan fingerprint density at radius 3 is 1.09 bits per heavy atom. The molecule has 0 spiro atoms. The number of aliphatic carboxylic acids is 1. The molecule has 0 saturated heterocycles. The molecular weight excluding hydrogens is 823 g/mol. The molecule has 0 radical (unpaired) electrons. The fraction of sp³-hybridized carbons (Fsp3) is 0.879. The van der Waals surface area contributed by atoms with Gasteiger partial charge in [-0.25, -0.2) is 0 Å². The SMILES string of the molecule is CCCCCCCCCCC/C=C/CCCCCCCCCC(=O)OCC(COCCC(C(=O)[O-])[N+](C)(C)C)OC(=O)CCCCCCCCC/C=C/CCCCCCCCCCCCC. The summed E-state index contributed by atoms with van der Waals surface area (Å²) < 4.78 is 17.3. The zero-order valence-electron chi connectivity index (χ0n) is 44.4. The van der Waals surface area contributed by atoms with Gasteiger partial charge in [-0.1, -0.05) is 218 Å². The monoisotopic (exact) mass is 932 g/mol. The highest BCUT2D eigenvalue weighted by atomic mass is 16.6. The Kier molecular flexibility index (Phi) is 47.6. The summed E-state index contributed by atoms with van der Waals surface area (Å²) in [5.41, 5.74) is 0. The summed E-state index contributed by atoms with van der Waals surface area (Å²) in [7, 11) is 5.43. The van der Waals surface area contributed by atoms with Crippen LogP contribution in [-0.4, -0.2) is 75.5 Å². The number of quaternary nitrogens is 1. The first-order valence-corrected chi connectivity index (χ1v) is 28.4. The van der Waals surface area contributed by atoms with Crippen LogP contribution in [0.25, 0.3) is 0 Å². The number of carbonyl (C=O) groups is 3. The molecule has 0 saturated carbocycles. The van der Waals surface area contributed by atoms with Gasteiger partial charge in [0.2, 0.25) is 0 Å². The van der Waals surface area contributed by atoms with Crippen LogP contribution in [0.2, 0.25) is 0 Å². The number of hydrogen-bond donors (Lipinski definition) is 0. The third kappa shape index (κ3) is 46.9. The van der Waals surface area contributed by atoms with Gasteiger partial charge in [0.1, 0.15) is 12.6 Å². The quantitative estimate of drug-likeness (QED) is 0.0259. The van der Waals surface area contributed by atoms with Crippen molar-refractivity contribution < 1.29 is 38.2 Å².